The maximum absolute atomic E-state index is 3.46. The Labute approximate surface area is 319 Å². The van der Waals surface area contributed by atoms with Gasteiger partial charge in [0.15, 0.2) is 0 Å². The maximum Gasteiger partial charge on any atom is 0.0726 e. The highest BCUT2D eigenvalue weighted by atomic mass is 32.1. The van der Waals surface area contributed by atoms with Crippen molar-refractivity contribution in [2.45, 2.75) is 24.7 Å². The molecule has 0 radical (unpaired) electrons. The molecule has 0 amide bonds. The van der Waals surface area contributed by atoms with Gasteiger partial charge in [-0.05, 0) is 110 Å². The van der Waals surface area contributed by atoms with Crippen LogP contribution in [-0.2, 0) is 10.8 Å². The van der Waals surface area contributed by atoms with E-state index in [1.165, 1.54) is 87.1 Å². The Morgan fingerprint density at radius 1 is 0.481 bits per heavy atom. The second-order valence-electron chi connectivity index (χ2n) is 15.5. The molecule has 0 unspecified atom stereocenters. The molecule has 252 valence electrons. The second kappa shape index (κ2) is 10.6. The summed E-state index contributed by atoms with van der Waals surface area (Å²) in [6.07, 6.45) is 0. The number of hydrogen-bond donors (Lipinski definition) is 0. The number of hydrogen-bond acceptors (Lipinski definition) is 2. The summed E-state index contributed by atoms with van der Waals surface area (Å²) in [4.78, 5) is 2.52. The van der Waals surface area contributed by atoms with Crippen LogP contribution in [-0.4, -0.2) is 0 Å². The van der Waals surface area contributed by atoms with Gasteiger partial charge in [0.2, 0.25) is 0 Å². The molecule has 2 heteroatoms. The third kappa shape index (κ3) is 3.70. The molecule has 1 heterocycles. The first-order valence-electron chi connectivity index (χ1n) is 18.8. The van der Waals surface area contributed by atoms with E-state index in [1.54, 1.807) is 0 Å². The van der Waals surface area contributed by atoms with Crippen LogP contribution in [0, 0.1) is 12.1 Å². The van der Waals surface area contributed by atoms with Gasteiger partial charge in [-0.15, -0.1) is 11.3 Å². The van der Waals surface area contributed by atoms with Gasteiger partial charge >= 0.3 is 0 Å². The van der Waals surface area contributed by atoms with Gasteiger partial charge in [0.25, 0.3) is 0 Å². The van der Waals surface area contributed by atoms with E-state index in [0.717, 1.165) is 16.9 Å². The summed E-state index contributed by atoms with van der Waals surface area (Å²) in [6.45, 7) is 4.69. The average Bonchev–Trinajstić information content (AvgIpc) is 3.91. The van der Waals surface area contributed by atoms with Crippen molar-refractivity contribution in [1.29, 1.82) is 0 Å². The molecule has 8 aromatic carbocycles. The first-order chi connectivity index (χ1) is 26.5. The van der Waals surface area contributed by atoms with E-state index in [0.29, 0.717) is 0 Å². The number of fused-ring (bicyclic) bond motifs is 16. The molecule has 1 aromatic heterocycles. The SMILES string of the molecule is CC1(C)c2ccc#cc2-c2ccc(N(c3ccc4c(c3)C3(c5ccccc5-c5ccccc53)c3ccccc3-4)c3cccc4c3sc3ccccc34)cc21. The molecular weight excluding hydrogens is 671 g/mol. The molecule has 0 N–H and O–H groups in total. The van der Waals surface area contributed by atoms with Gasteiger partial charge in [-0.3, -0.25) is 0 Å². The van der Waals surface area contributed by atoms with E-state index >= 15 is 0 Å². The molecule has 3 aliphatic rings. The van der Waals surface area contributed by atoms with Crippen LogP contribution in [0.5, 0.6) is 0 Å². The Morgan fingerprint density at radius 2 is 1.06 bits per heavy atom. The topological polar surface area (TPSA) is 3.24 Å². The van der Waals surface area contributed by atoms with Crippen LogP contribution in [0.25, 0.3) is 53.6 Å². The Kier molecular flexibility index (Phi) is 5.91. The van der Waals surface area contributed by atoms with E-state index in [4.69, 9.17) is 0 Å². The standard InChI is InChI=1S/C52H33NS/c1-51(2)42-20-8-3-14-34(42)38-28-26-32(30-46(38)51)53(48-24-13-19-41-40-18-7-12-25-49(40)54-50(41)48)33-27-29-39-37-17-6-11-23-45(37)52(47(39)31-33)43-21-9-4-15-35(43)36-16-5-10-22-44(36)52/h4-13,15-31H,1-2H3. The fraction of sp³-hybridized carbons (Fsp3) is 0.0769. The molecule has 0 aliphatic heterocycles. The lowest BCUT2D eigenvalue weighted by atomic mass is 9.70. The molecule has 1 nitrogen and oxygen atoms in total. The van der Waals surface area contributed by atoms with E-state index in [-0.39, 0.29) is 5.41 Å². The lowest BCUT2D eigenvalue weighted by Crippen LogP contribution is -2.26. The molecule has 9 aromatic rings. The fourth-order valence-corrected chi connectivity index (χ4v) is 11.4. The van der Waals surface area contributed by atoms with Crippen molar-refractivity contribution < 1.29 is 0 Å². The fourth-order valence-electron chi connectivity index (χ4n) is 10.2. The highest BCUT2D eigenvalue weighted by Crippen LogP contribution is 2.63. The van der Waals surface area contributed by atoms with Crippen LogP contribution < -0.4 is 4.90 Å². The van der Waals surface area contributed by atoms with Crippen molar-refractivity contribution >= 4 is 48.6 Å². The number of nitrogens with zero attached hydrogens (tertiary/aromatic N) is 1. The zero-order chi connectivity index (χ0) is 35.8. The number of benzene rings is 7. The smallest absolute Gasteiger partial charge is 0.0726 e. The van der Waals surface area contributed by atoms with E-state index in [1.807, 2.05) is 17.4 Å². The molecule has 1 spiro atoms. The average molecular weight is 704 g/mol. The molecule has 12 rings (SSSR count). The van der Waals surface area contributed by atoms with Crippen LogP contribution in [0.3, 0.4) is 0 Å². The molecule has 0 bridgehead atoms. The van der Waals surface area contributed by atoms with Gasteiger partial charge in [0.05, 0.1) is 15.8 Å². The van der Waals surface area contributed by atoms with Crippen LogP contribution in [0.1, 0.15) is 47.2 Å². The molecule has 0 saturated heterocycles. The van der Waals surface area contributed by atoms with Crippen LogP contribution >= 0.6 is 11.3 Å². The van der Waals surface area contributed by atoms with Gasteiger partial charge in [0.1, 0.15) is 0 Å². The van der Waals surface area contributed by atoms with Gasteiger partial charge in [-0.25, -0.2) is 0 Å². The summed E-state index contributed by atoms with van der Waals surface area (Å²) >= 11 is 1.89. The second-order valence-corrected chi connectivity index (χ2v) is 16.5. The normalized spacial score (nSPS) is 14.6. The zero-order valence-corrected chi connectivity index (χ0v) is 30.8. The largest absolute Gasteiger partial charge is 0.309 e. The quantitative estimate of drug-likeness (QED) is 0.177. The Bertz CT molecular complexity index is 2990. The summed E-state index contributed by atoms with van der Waals surface area (Å²) in [7, 11) is 0. The molecule has 54 heavy (non-hydrogen) atoms. The zero-order valence-electron chi connectivity index (χ0n) is 29.9. The Balaban J connectivity index is 1.16. The Hall–Kier alpha value is -6.40. The van der Waals surface area contributed by atoms with Crippen molar-refractivity contribution in [3.63, 3.8) is 0 Å². The summed E-state index contributed by atoms with van der Waals surface area (Å²) in [5.74, 6) is 0. The molecule has 0 fully saturated rings. The summed E-state index contributed by atoms with van der Waals surface area (Å²) in [5.41, 5.74) is 18.6. The monoisotopic (exact) mass is 703 g/mol. The molecule has 3 aliphatic carbocycles. The van der Waals surface area contributed by atoms with Gasteiger partial charge in [0, 0.05) is 37.8 Å². The first-order valence-corrected chi connectivity index (χ1v) is 19.6. The third-order valence-electron chi connectivity index (χ3n) is 12.5. The van der Waals surface area contributed by atoms with Crippen molar-refractivity contribution in [1.82, 2.24) is 0 Å². The van der Waals surface area contributed by atoms with Crippen LogP contribution in [0.4, 0.5) is 17.1 Å². The molecule has 0 saturated carbocycles. The van der Waals surface area contributed by atoms with Crippen molar-refractivity contribution in [2.75, 3.05) is 4.90 Å². The van der Waals surface area contributed by atoms with Gasteiger partial charge in [-0.1, -0.05) is 141 Å². The predicted octanol–water partition coefficient (Wildman–Crippen LogP) is 13.8. The number of rotatable bonds is 3. The molecular formula is C52H33NS. The maximum atomic E-state index is 3.46. The number of thiophene rings is 1. The van der Waals surface area contributed by atoms with E-state index in [9.17, 15) is 0 Å². The minimum absolute atomic E-state index is 0.164. The summed E-state index contributed by atoms with van der Waals surface area (Å²) in [5, 5.41) is 2.60. The highest BCUT2D eigenvalue weighted by molar-refractivity contribution is 7.26. The van der Waals surface area contributed by atoms with Crippen LogP contribution in [0.2, 0.25) is 0 Å². The highest BCUT2D eigenvalue weighted by Gasteiger charge is 2.51. The lowest BCUT2D eigenvalue weighted by Gasteiger charge is -2.32. The molecule has 0 atom stereocenters. The predicted molar refractivity (Wildman–Crippen MR) is 226 cm³/mol. The minimum Gasteiger partial charge on any atom is -0.309 e. The van der Waals surface area contributed by atoms with Crippen molar-refractivity contribution in [3.8, 4) is 33.4 Å². The first kappa shape index (κ1) is 30.1. The number of anilines is 3. The van der Waals surface area contributed by atoms with E-state index in [2.05, 4.69) is 189 Å². The van der Waals surface area contributed by atoms with Gasteiger partial charge < -0.3 is 4.90 Å². The van der Waals surface area contributed by atoms with Gasteiger partial charge in [-0.2, -0.15) is 0 Å². The van der Waals surface area contributed by atoms with E-state index < -0.39 is 5.41 Å². The van der Waals surface area contributed by atoms with Crippen molar-refractivity contribution in [2.24, 2.45) is 0 Å². The van der Waals surface area contributed by atoms with Crippen molar-refractivity contribution in [3.05, 3.63) is 209 Å². The lowest BCUT2D eigenvalue weighted by molar-refractivity contribution is 0.660. The third-order valence-corrected chi connectivity index (χ3v) is 13.7. The van der Waals surface area contributed by atoms with Crippen LogP contribution in [0.15, 0.2) is 164 Å². The summed E-state index contributed by atoms with van der Waals surface area (Å²) < 4.78 is 2.60. The Morgan fingerprint density at radius 3 is 1.76 bits per heavy atom. The minimum atomic E-state index is -0.418. The summed E-state index contributed by atoms with van der Waals surface area (Å²) in [6, 6.07) is 68.1.